The van der Waals surface area contributed by atoms with Gasteiger partial charge in [-0.15, -0.1) is 13.2 Å². The number of carbonyl (C=O) groups is 3. The van der Waals surface area contributed by atoms with Crippen LogP contribution in [0.2, 0.25) is 0 Å². The van der Waals surface area contributed by atoms with Crippen molar-refractivity contribution >= 4 is 17.7 Å². The van der Waals surface area contributed by atoms with E-state index in [1.54, 1.807) is 26.9 Å². The van der Waals surface area contributed by atoms with E-state index in [0.29, 0.717) is 45.4 Å². The van der Waals surface area contributed by atoms with Crippen LogP contribution in [0.15, 0.2) is 25.3 Å². The number of ether oxygens (including phenoxy) is 1. The highest BCUT2D eigenvalue weighted by Crippen LogP contribution is 2.59. The van der Waals surface area contributed by atoms with Crippen molar-refractivity contribution in [3.05, 3.63) is 25.3 Å². The first-order valence-corrected chi connectivity index (χ1v) is 14.1. The van der Waals surface area contributed by atoms with Crippen LogP contribution in [0, 0.1) is 17.8 Å². The van der Waals surface area contributed by atoms with Gasteiger partial charge in [-0.05, 0) is 38.0 Å². The molecule has 3 rings (SSSR count). The summed E-state index contributed by atoms with van der Waals surface area (Å²) in [7, 11) is 0. The van der Waals surface area contributed by atoms with E-state index in [9.17, 15) is 19.5 Å². The summed E-state index contributed by atoms with van der Waals surface area (Å²) in [5.41, 5.74) is -1.05. The maximum atomic E-state index is 14.3. The molecule has 0 aromatic rings. The second-order valence-corrected chi connectivity index (χ2v) is 11.3. The van der Waals surface area contributed by atoms with Crippen LogP contribution in [0.1, 0.15) is 66.2 Å². The van der Waals surface area contributed by atoms with E-state index in [-0.39, 0.29) is 36.4 Å². The Kier molecular flexibility index (Phi) is 9.98. The number of hydrogen-bond acceptors (Lipinski definition) is 5. The summed E-state index contributed by atoms with van der Waals surface area (Å²) >= 11 is 0. The number of carbonyl (C=O) groups excluding carboxylic acids is 3. The maximum absolute atomic E-state index is 14.3. The Morgan fingerprint density at radius 3 is 2.32 bits per heavy atom. The Labute approximate surface area is 222 Å². The molecule has 3 saturated heterocycles. The van der Waals surface area contributed by atoms with E-state index < -0.39 is 29.5 Å². The second-order valence-electron chi connectivity index (χ2n) is 11.3. The lowest BCUT2D eigenvalue weighted by Gasteiger charge is -2.39. The van der Waals surface area contributed by atoms with Gasteiger partial charge in [0.25, 0.3) is 0 Å². The molecule has 208 valence electrons. The van der Waals surface area contributed by atoms with E-state index in [4.69, 9.17) is 4.74 Å². The van der Waals surface area contributed by atoms with Crippen molar-refractivity contribution < 1.29 is 24.2 Å². The third-order valence-corrected chi connectivity index (χ3v) is 8.20. The molecule has 2 unspecified atom stereocenters. The zero-order valence-corrected chi connectivity index (χ0v) is 23.2. The average Bonchev–Trinajstić information content (AvgIpc) is 3.51. The summed E-state index contributed by atoms with van der Waals surface area (Å²) in [4.78, 5) is 47.5. The van der Waals surface area contributed by atoms with Crippen LogP contribution in [0.5, 0.6) is 0 Å². The molecule has 8 heteroatoms. The fraction of sp³-hybridized carbons (Fsp3) is 0.759. The monoisotopic (exact) mass is 517 g/mol. The van der Waals surface area contributed by atoms with E-state index in [2.05, 4.69) is 20.1 Å². The highest BCUT2D eigenvalue weighted by atomic mass is 16.5. The lowest BCUT2D eigenvalue weighted by Crippen LogP contribution is -2.59. The van der Waals surface area contributed by atoms with Gasteiger partial charge in [0.05, 0.1) is 30.6 Å². The van der Waals surface area contributed by atoms with Gasteiger partial charge in [0.15, 0.2) is 0 Å². The second kappa shape index (κ2) is 12.6. The first-order chi connectivity index (χ1) is 17.7. The molecule has 1 N–H and O–H groups in total. The number of hydrogen-bond donors (Lipinski definition) is 1. The predicted molar refractivity (Wildman–Crippen MR) is 144 cm³/mol. The van der Waals surface area contributed by atoms with Crippen molar-refractivity contribution in [2.24, 2.45) is 17.8 Å². The van der Waals surface area contributed by atoms with Gasteiger partial charge in [0.2, 0.25) is 17.7 Å². The molecule has 3 fully saturated rings. The molecule has 0 radical (unpaired) electrons. The Hall–Kier alpha value is -2.19. The topological polar surface area (TPSA) is 90.4 Å². The van der Waals surface area contributed by atoms with E-state index >= 15 is 0 Å². The van der Waals surface area contributed by atoms with Crippen molar-refractivity contribution in [2.45, 2.75) is 90.0 Å². The highest BCUT2D eigenvalue weighted by Gasteiger charge is 2.75. The lowest BCUT2D eigenvalue weighted by molar-refractivity contribution is -0.152. The minimum Gasteiger partial charge on any atom is -0.394 e. The van der Waals surface area contributed by atoms with Crippen LogP contribution in [-0.2, 0) is 19.1 Å². The molecule has 37 heavy (non-hydrogen) atoms. The number of likely N-dealkylation sites (tertiary alicyclic amines) is 1. The Bertz CT molecular complexity index is 860. The van der Waals surface area contributed by atoms with Gasteiger partial charge in [-0.3, -0.25) is 14.4 Å². The lowest BCUT2D eigenvalue weighted by atomic mass is 9.70. The SMILES string of the molecule is C=CCN(CCCC)C(=O)C1N([C@@H](CO)CC(C)C)C(=O)[C@@H]2[C@H](C(=O)N(CC=C)CCC)[C@@H]3CCC12O3. The first-order valence-electron chi connectivity index (χ1n) is 14.1. The van der Waals surface area contributed by atoms with E-state index in [1.807, 2.05) is 20.8 Å². The van der Waals surface area contributed by atoms with Crippen LogP contribution in [-0.4, -0.2) is 94.1 Å². The van der Waals surface area contributed by atoms with Gasteiger partial charge in [0.1, 0.15) is 11.6 Å². The van der Waals surface area contributed by atoms with Gasteiger partial charge in [-0.1, -0.05) is 46.3 Å². The molecule has 0 aliphatic carbocycles. The summed E-state index contributed by atoms with van der Waals surface area (Å²) in [6.45, 7) is 17.5. The molecule has 3 heterocycles. The molecular formula is C29H47N3O5. The van der Waals surface area contributed by atoms with E-state index in [0.717, 1.165) is 19.3 Å². The molecule has 3 aliphatic rings. The number of amides is 3. The number of unbranched alkanes of at least 4 members (excludes halogenated alkanes) is 1. The fourth-order valence-electron chi connectivity index (χ4n) is 6.76. The Morgan fingerprint density at radius 2 is 1.78 bits per heavy atom. The first kappa shape index (κ1) is 29.4. The van der Waals surface area contributed by atoms with Crippen molar-refractivity contribution in [1.82, 2.24) is 14.7 Å². The van der Waals surface area contributed by atoms with Crippen LogP contribution in [0.25, 0.3) is 0 Å². The molecule has 8 nitrogen and oxygen atoms in total. The largest absolute Gasteiger partial charge is 0.394 e. The van der Waals surface area contributed by atoms with Crippen molar-refractivity contribution in [3.8, 4) is 0 Å². The van der Waals surface area contributed by atoms with Gasteiger partial charge in [-0.25, -0.2) is 0 Å². The zero-order valence-electron chi connectivity index (χ0n) is 23.2. The van der Waals surface area contributed by atoms with E-state index in [1.165, 1.54) is 0 Å². The minimum atomic E-state index is -1.05. The molecule has 6 atom stereocenters. The number of aliphatic hydroxyl groups excluding tert-OH is 1. The Morgan fingerprint density at radius 1 is 1.14 bits per heavy atom. The summed E-state index contributed by atoms with van der Waals surface area (Å²) < 4.78 is 6.60. The Balaban J connectivity index is 2.08. The van der Waals surface area contributed by atoms with Gasteiger partial charge >= 0.3 is 0 Å². The molecule has 2 bridgehead atoms. The standard InChI is InChI=1S/C29H47N3O5/c1-7-11-17-31(16-10-4)28(36)25-29-13-12-22(37-29)23(26(34)30(14-8-2)15-9-3)24(29)27(35)32(25)21(19-33)18-20(5)6/h8,10,20-25,33H,2,4,7,9,11-19H2,1,3,5-6H3/t21-,22+,23-,24+,25?,29?/m1/s1. The summed E-state index contributed by atoms with van der Waals surface area (Å²) in [6, 6.07) is -1.38. The maximum Gasteiger partial charge on any atom is 0.248 e. The smallest absolute Gasteiger partial charge is 0.248 e. The zero-order chi connectivity index (χ0) is 27.3. The van der Waals surface area contributed by atoms with Gasteiger partial charge in [0, 0.05) is 26.2 Å². The average molecular weight is 518 g/mol. The van der Waals surface area contributed by atoms with Crippen molar-refractivity contribution in [2.75, 3.05) is 32.8 Å². The molecule has 0 aromatic carbocycles. The molecule has 1 spiro atoms. The number of rotatable bonds is 15. The van der Waals surface area contributed by atoms with Crippen LogP contribution in [0.4, 0.5) is 0 Å². The minimum absolute atomic E-state index is 0.0990. The van der Waals surface area contributed by atoms with Crippen molar-refractivity contribution in [1.29, 1.82) is 0 Å². The fourth-order valence-corrected chi connectivity index (χ4v) is 6.76. The van der Waals surface area contributed by atoms with Gasteiger partial charge < -0.3 is 24.5 Å². The normalized spacial score (nSPS) is 28.9. The quantitative estimate of drug-likeness (QED) is 0.337. The summed E-state index contributed by atoms with van der Waals surface area (Å²) in [5.74, 6) is -1.65. The molecule has 3 amide bonds. The van der Waals surface area contributed by atoms with Gasteiger partial charge in [-0.2, -0.15) is 0 Å². The molecule has 0 aromatic heterocycles. The third kappa shape index (κ3) is 5.37. The molecule has 3 aliphatic heterocycles. The molecule has 0 saturated carbocycles. The van der Waals surface area contributed by atoms with Crippen LogP contribution < -0.4 is 0 Å². The number of fused-ring (bicyclic) bond motifs is 1. The highest BCUT2D eigenvalue weighted by molar-refractivity contribution is 5.99. The summed E-state index contributed by atoms with van der Waals surface area (Å²) in [6.07, 6.45) is 7.34. The predicted octanol–water partition coefficient (Wildman–Crippen LogP) is 3.01. The number of nitrogens with zero attached hydrogens (tertiary/aromatic N) is 3. The summed E-state index contributed by atoms with van der Waals surface area (Å²) in [5, 5.41) is 10.4. The van der Waals surface area contributed by atoms with Crippen molar-refractivity contribution in [3.63, 3.8) is 0 Å². The van der Waals surface area contributed by atoms with Crippen LogP contribution >= 0.6 is 0 Å². The molecular weight excluding hydrogens is 470 g/mol. The number of aliphatic hydroxyl groups is 1. The third-order valence-electron chi connectivity index (χ3n) is 8.20. The van der Waals surface area contributed by atoms with Crippen LogP contribution in [0.3, 0.4) is 0 Å².